The maximum absolute atomic E-state index is 11.7. The van der Waals surface area contributed by atoms with Crippen molar-refractivity contribution in [3.8, 4) is 0 Å². The molecule has 18 heavy (non-hydrogen) atoms. The van der Waals surface area contributed by atoms with Crippen LogP contribution in [0.4, 0.5) is 0 Å². The monoisotopic (exact) mass is 311 g/mol. The van der Waals surface area contributed by atoms with Crippen molar-refractivity contribution in [2.45, 2.75) is 25.3 Å². The fraction of sp³-hybridized carbons (Fsp3) is 0.385. The first-order valence-electron chi connectivity index (χ1n) is 5.85. The Morgan fingerprint density at radius 3 is 2.72 bits per heavy atom. The molecule has 0 spiro atoms. The zero-order valence-corrected chi connectivity index (χ0v) is 11.4. The van der Waals surface area contributed by atoms with Gasteiger partial charge in [0, 0.05) is 17.3 Å². The number of ether oxygens (including phenoxy) is 1. The first-order valence-corrected chi connectivity index (χ1v) is 6.65. The van der Waals surface area contributed by atoms with Gasteiger partial charge >= 0.3 is 5.97 Å². The fourth-order valence-corrected chi connectivity index (χ4v) is 2.07. The molecule has 1 saturated heterocycles. The van der Waals surface area contributed by atoms with E-state index in [1.165, 1.54) is 0 Å². The van der Waals surface area contributed by atoms with Gasteiger partial charge in [0.15, 0.2) is 0 Å². The summed E-state index contributed by atoms with van der Waals surface area (Å²) in [7, 11) is 0. The Hall–Kier alpha value is -1.36. The van der Waals surface area contributed by atoms with E-state index in [4.69, 9.17) is 4.74 Å². The van der Waals surface area contributed by atoms with E-state index < -0.39 is 6.04 Å². The third kappa shape index (κ3) is 3.57. The molecule has 1 amide bonds. The molecular weight excluding hydrogens is 298 g/mol. The van der Waals surface area contributed by atoms with E-state index in [2.05, 4.69) is 21.2 Å². The standard InChI is InChI=1S/C13H14BrNO3/c14-10-4-1-9(2-5-10)3-6-12(16)15-11-7-8-18-13(11)17/h1-2,4-5,11H,3,6-8H2,(H,15,16)/t11-/m1/s1. The van der Waals surface area contributed by atoms with Crippen molar-refractivity contribution in [1.82, 2.24) is 5.32 Å². The molecule has 0 unspecified atom stereocenters. The second-order valence-corrected chi connectivity index (χ2v) is 5.12. The van der Waals surface area contributed by atoms with E-state index in [9.17, 15) is 9.59 Å². The van der Waals surface area contributed by atoms with Gasteiger partial charge in [-0.1, -0.05) is 28.1 Å². The highest BCUT2D eigenvalue weighted by Crippen LogP contribution is 2.12. The van der Waals surface area contributed by atoms with Crippen LogP contribution in [0.5, 0.6) is 0 Å². The molecule has 1 fully saturated rings. The molecular formula is C13H14BrNO3. The minimum absolute atomic E-state index is 0.109. The first-order chi connectivity index (χ1) is 8.65. The van der Waals surface area contributed by atoms with E-state index in [0.29, 0.717) is 25.9 Å². The third-order valence-electron chi connectivity index (χ3n) is 2.82. The van der Waals surface area contributed by atoms with Crippen molar-refractivity contribution in [2.75, 3.05) is 6.61 Å². The van der Waals surface area contributed by atoms with E-state index in [1.807, 2.05) is 24.3 Å². The normalized spacial score (nSPS) is 18.5. The highest BCUT2D eigenvalue weighted by Gasteiger charge is 2.27. The van der Waals surface area contributed by atoms with Crippen molar-refractivity contribution in [3.05, 3.63) is 34.3 Å². The van der Waals surface area contributed by atoms with E-state index in [0.717, 1.165) is 10.0 Å². The van der Waals surface area contributed by atoms with Crippen LogP contribution in [0.15, 0.2) is 28.7 Å². The van der Waals surface area contributed by atoms with E-state index in [1.54, 1.807) is 0 Å². The van der Waals surface area contributed by atoms with Crippen molar-refractivity contribution >= 4 is 27.8 Å². The Kier molecular flexibility index (Phi) is 4.36. The number of benzene rings is 1. The van der Waals surface area contributed by atoms with Gasteiger partial charge in [0.05, 0.1) is 6.61 Å². The summed E-state index contributed by atoms with van der Waals surface area (Å²) in [6.45, 7) is 0.399. The maximum atomic E-state index is 11.7. The second kappa shape index (κ2) is 6.00. The predicted molar refractivity (Wildman–Crippen MR) is 70.0 cm³/mol. The highest BCUT2D eigenvalue weighted by atomic mass is 79.9. The molecule has 2 rings (SSSR count). The Balaban J connectivity index is 1.78. The van der Waals surface area contributed by atoms with Crippen molar-refractivity contribution < 1.29 is 14.3 Å². The van der Waals surface area contributed by atoms with Gasteiger partial charge in [-0.05, 0) is 24.1 Å². The summed E-state index contributed by atoms with van der Waals surface area (Å²) in [5.74, 6) is -0.436. The van der Waals surface area contributed by atoms with Crippen molar-refractivity contribution in [2.24, 2.45) is 0 Å². The highest BCUT2D eigenvalue weighted by molar-refractivity contribution is 9.10. The number of amides is 1. The van der Waals surface area contributed by atoms with Gasteiger partial charge in [-0.3, -0.25) is 4.79 Å². The van der Waals surface area contributed by atoms with Crippen LogP contribution in [-0.4, -0.2) is 24.5 Å². The molecule has 4 nitrogen and oxygen atoms in total. The molecule has 1 atom stereocenters. The lowest BCUT2D eigenvalue weighted by molar-refractivity contribution is -0.141. The molecule has 1 N–H and O–H groups in total. The molecule has 0 radical (unpaired) electrons. The topological polar surface area (TPSA) is 55.4 Å². The van der Waals surface area contributed by atoms with Gasteiger partial charge in [0.2, 0.25) is 5.91 Å². The Bertz CT molecular complexity index is 444. The van der Waals surface area contributed by atoms with Gasteiger partial charge in [0.25, 0.3) is 0 Å². The lowest BCUT2D eigenvalue weighted by Gasteiger charge is -2.08. The summed E-state index contributed by atoms with van der Waals surface area (Å²) >= 11 is 3.36. The number of esters is 1. The quantitative estimate of drug-likeness (QED) is 0.863. The van der Waals surface area contributed by atoms with Crippen LogP contribution < -0.4 is 5.32 Å². The van der Waals surface area contributed by atoms with E-state index in [-0.39, 0.29) is 11.9 Å². The van der Waals surface area contributed by atoms with Crippen molar-refractivity contribution in [1.29, 1.82) is 0 Å². The smallest absolute Gasteiger partial charge is 0.328 e. The number of nitrogens with one attached hydrogen (secondary N) is 1. The van der Waals surface area contributed by atoms with Crippen LogP contribution >= 0.6 is 15.9 Å². The molecule has 0 saturated carbocycles. The molecule has 0 aliphatic carbocycles. The van der Waals surface area contributed by atoms with Crippen LogP contribution in [0.3, 0.4) is 0 Å². The zero-order chi connectivity index (χ0) is 13.0. The number of halogens is 1. The van der Waals surface area contributed by atoms with Crippen LogP contribution in [0, 0.1) is 0 Å². The maximum Gasteiger partial charge on any atom is 0.328 e. The number of carbonyl (C=O) groups excluding carboxylic acids is 2. The Morgan fingerprint density at radius 2 is 2.11 bits per heavy atom. The lowest BCUT2D eigenvalue weighted by Crippen LogP contribution is -2.37. The molecule has 5 heteroatoms. The molecule has 96 valence electrons. The fourth-order valence-electron chi connectivity index (χ4n) is 1.80. The first kappa shape index (κ1) is 13.1. The largest absolute Gasteiger partial charge is 0.464 e. The van der Waals surface area contributed by atoms with Crippen LogP contribution in [-0.2, 0) is 20.7 Å². The third-order valence-corrected chi connectivity index (χ3v) is 3.35. The number of hydrogen-bond donors (Lipinski definition) is 1. The van der Waals surface area contributed by atoms with E-state index >= 15 is 0 Å². The summed E-state index contributed by atoms with van der Waals surface area (Å²) in [5.41, 5.74) is 1.10. The van der Waals surface area contributed by atoms with Gasteiger partial charge < -0.3 is 10.1 Å². The number of hydrogen-bond acceptors (Lipinski definition) is 3. The van der Waals surface area contributed by atoms with Gasteiger partial charge in [-0.25, -0.2) is 4.79 Å². The van der Waals surface area contributed by atoms with Crippen LogP contribution in [0.2, 0.25) is 0 Å². The molecule has 1 aromatic rings. The average Bonchev–Trinajstić information content (AvgIpc) is 2.74. The number of rotatable bonds is 4. The second-order valence-electron chi connectivity index (χ2n) is 4.20. The van der Waals surface area contributed by atoms with Crippen molar-refractivity contribution in [3.63, 3.8) is 0 Å². The zero-order valence-electron chi connectivity index (χ0n) is 9.82. The van der Waals surface area contributed by atoms with Gasteiger partial charge in [-0.15, -0.1) is 0 Å². The number of aryl methyl sites for hydroxylation is 1. The van der Waals surface area contributed by atoms with Gasteiger partial charge in [-0.2, -0.15) is 0 Å². The van der Waals surface area contributed by atoms with Gasteiger partial charge in [0.1, 0.15) is 6.04 Å². The Labute approximate surface area is 114 Å². The SMILES string of the molecule is O=C(CCc1ccc(Br)cc1)N[C@@H]1CCOC1=O. The summed E-state index contributed by atoms with van der Waals surface area (Å²) in [6, 6.07) is 7.38. The average molecular weight is 312 g/mol. The Morgan fingerprint density at radius 1 is 1.39 bits per heavy atom. The van der Waals surface area contributed by atoms with Crippen LogP contribution in [0.1, 0.15) is 18.4 Å². The molecule has 0 bridgehead atoms. The number of carbonyl (C=O) groups is 2. The minimum atomic E-state index is -0.456. The van der Waals surface area contributed by atoms with Crippen LogP contribution in [0.25, 0.3) is 0 Å². The number of cyclic esters (lactones) is 1. The predicted octanol–water partition coefficient (Wildman–Crippen LogP) is 1.81. The molecule has 1 aliphatic heterocycles. The summed E-state index contributed by atoms with van der Waals surface area (Å²) in [5, 5.41) is 2.69. The summed E-state index contributed by atoms with van der Waals surface area (Å²) in [6.07, 6.45) is 1.62. The molecule has 1 aliphatic rings. The minimum Gasteiger partial charge on any atom is -0.464 e. The summed E-state index contributed by atoms with van der Waals surface area (Å²) in [4.78, 5) is 22.8. The molecule has 1 aromatic carbocycles. The molecule has 0 aromatic heterocycles. The lowest BCUT2D eigenvalue weighted by atomic mass is 10.1. The summed E-state index contributed by atoms with van der Waals surface area (Å²) < 4.78 is 5.80. The molecule has 1 heterocycles.